The van der Waals surface area contributed by atoms with Gasteiger partial charge in [-0.15, -0.1) is 0 Å². The van der Waals surface area contributed by atoms with Crippen LogP contribution in [0.1, 0.15) is 49.9 Å². The number of rotatable bonds is 13. The Bertz CT molecular complexity index is 11400. The largest absolute Gasteiger partial charge is 0.456 e. The number of aromatic nitrogens is 4. The normalized spacial score (nSPS) is 13.5. The summed E-state index contributed by atoms with van der Waals surface area (Å²) in [6.45, 7) is 9.55. The van der Waals surface area contributed by atoms with Crippen LogP contribution in [0.25, 0.3) is 230 Å². The lowest BCUT2D eigenvalue weighted by molar-refractivity contribution is 0.660. The molecule has 22 aromatic carbocycles. The summed E-state index contributed by atoms with van der Waals surface area (Å²) in [5, 5.41) is 23.6. The van der Waals surface area contributed by atoms with Gasteiger partial charge in [-0.1, -0.05) is 276 Å². The first-order valence-corrected chi connectivity index (χ1v) is 51.4. The van der Waals surface area contributed by atoms with Crippen molar-refractivity contribution in [2.75, 3.05) is 19.6 Å². The van der Waals surface area contributed by atoms with Crippen LogP contribution >= 0.6 is 0 Å². The van der Waals surface area contributed by atoms with Crippen LogP contribution in [0.15, 0.2) is 458 Å². The highest BCUT2D eigenvalue weighted by molar-refractivity contribution is 6.36. The van der Waals surface area contributed by atoms with Gasteiger partial charge in [-0.25, -0.2) is 0 Å². The average Bonchev–Trinajstić information content (AvgIpc) is 1.51. The Morgan fingerprint density at radius 3 is 0.845 bits per heavy atom. The molecule has 2 aliphatic carbocycles. The van der Waals surface area contributed by atoms with E-state index in [0.29, 0.717) is 0 Å². The lowest BCUT2D eigenvalue weighted by Crippen LogP contribution is -2.16. The average molecular weight is 1890 g/mol. The van der Waals surface area contributed by atoms with Crippen molar-refractivity contribution in [2.24, 2.45) is 0 Å². The predicted molar refractivity (Wildman–Crippen MR) is 619 cm³/mol. The molecule has 34 rings (SSSR count). The zero-order chi connectivity index (χ0) is 96.8. The second-order valence-corrected chi connectivity index (χ2v) is 42.1. The Morgan fingerprint density at radius 2 is 0.446 bits per heavy atom. The van der Waals surface area contributed by atoms with E-state index in [0.717, 1.165) is 129 Å². The monoisotopic (exact) mass is 1890 g/mol. The molecule has 0 atom stereocenters. The first-order valence-electron chi connectivity index (χ1n) is 51.4. The van der Waals surface area contributed by atoms with Crippen molar-refractivity contribution in [3.05, 3.63) is 471 Å². The van der Waals surface area contributed by atoms with Crippen molar-refractivity contribution in [1.29, 1.82) is 0 Å². The second-order valence-electron chi connectivity index (χ2n) is 42.1. The third kappa shape index (κ3) is 10.5. The van der Waals surface area contributed by atoms with Crippen molar-refractivity contribution in [3.8, 4) is 33.4 Å². The zero-order valence-corrected chi connectivity index (χ0v) is 81.1. The van der Waals surface area contributed by atoms with Crippen LogP contribution in [0.5, 0.6) is 0 Å². The number of benzene rings is 22. The van der Waals surface area contributed by atoms with Gasteiger partial charge >= 0.3 is 0 Å². The molecular weight excluding hydrogens is 1800 g/mol. The molecule has 0 saturated carbocycles. The van der Waals surface area contributed by atoms with Crippen molar-refractivity contribution >= 4 is 265 Å². The number of hydrogen-bond acceptors (Lipinski definition) is 6. The minimum Gasteiger partial charge on any atom is -0.456 e. The Balaban J connectivity index is 0.505. The van der Waals surface area contributed by atoms with Crippen LogP contribution in [0.4, 0.5) is 68.2 Å². The van der Waals surface area contributed by atoms with Crippen molar-refractivity contribution in [1.82, 2.24) is 17.6 Å². The molecule has 2 aliphatic rings. The first kappa shape index (κ1) is 80.4. The molecule has 0 aliphatic heterocycles. The summed E-state index contributed by atoms with van der Waals surface area (Å²) >= 11 is 0. The van der Waals surface area contributed by atoms with E-state index in [9.17, 15) is 0 Å². The van der Waals surface area contributed by atoms with Gasteiger partial charge in [0.1, 0.15) is 22.3 Å². The first-order chi connectivity index (χ1) is 72.9. The molecule has 0 radical (unpaired) electrons. The lowest BCUT2D eigenvalue weighted by Gasteiger charge is -2.29. The highest BCUT2D eigenvalue weighted by Gasteiger charge is 2.40. The van der Waals surface area contributed by atoms with E-state index in [4.69, 9.17) is 8.83 Å². The quantitative estimate of drug-likeness (QED) is 0.115. The van der Waals surface area contributed by atoms with Crippen LogP contribution in [0, 0.1) is 0 Å². The number of hydrogen-bond donors (Lipinski definition) is 0. The van der Waals surface area contributed by atoms with Crippen LogP contribution in [-0.4, -0.2) is 17.6 Å². The predicted octanol–water partition coefficient (Wildman–Crippen LogP) is 38.2. The zero-order valence-electron chi connectivity index (χ0n) is 81.1. The lowest BCUT2D eigenvalue weighted by atomic mass is 9.82. The molecule has 0 fully saturated rings. The highest BCUT2D eigenvalue weighted by atomic mass is 16.3. The summed E-state index contributed by atoms with van der Waals surface area (Å²) in [5.74, 6) is 0. The van der Waals surface area contributed by atoms with E-state index in [-0.39, 0.29) is 10.8 Å². The van der Waals surface area contributed by atoms with E-state index in [2.05, 4.69) is 508 Å². The van der Waals surface area contributed by atoms with Crippen LogP contribution in [0.3, 0.4) is 0 Å². The van der Waals surface area contributed by atoms with E-state index in [1.807, 2.05) is 6.07 Å². The maximum Gasteiger partial charge on any atom is 0.137 e. The molecular formula is C138H86N8O2. The summed E-state index contributed by atoms with van der Waals surface area (Å²) in [5.41, 5.74) is 42.8. The Morgan fingerprint density at radius 1 is 0.169 bits per heavy atom. The van der Waals surface area contributed by atoms with E-state index < -0.39 is 0 Å². The van der Waals surface area contributed by atoms with Gasteiger partial charge in [0.2, 0.25) is 0 Å². The molecule has 10 nitrogen and oxygen atoms in total. The Kier molecular flexibility index (Phi) is 15.7. The summed E-state index contributed by atoms with van der Waals surface area (Å²) in [7, 11) is 0. The minimum absolute atomic E-state index is 0.173. The minimum atomic E-state index is -0.258. The number of fused-ring (bicyclic) bond motifs is 36. The Hall–Kier alpha value is -19.2. The van der Waals surface area contributed by atoms with E-state index >= 15 is 0 Å². The van der Waals surface area contributed by atoms with Crippen molar-refractivity contribution in [2.45, 2.75) is 38.5 Å². The summed E-state index contributed by atoms with van der Waals surface area (Å²) in [4.78, 5) is 9.91. The van der Waals surface area contributed by atoms with Gasteiger partial charge in [0, 0.05) is 176 Å². The molecule has 0 bridgehead atoms. The number of furan rings is 2. The topological polar surface area (TPSA) is 56.9 Å². The van der Waals surface area contributed by atoms with Gasteiger partial charge in [-0.05, 0) is 244 Å². The molecule has 690 valence electrons. The smallest absolute Gasteiger partial charge is 0.137 e. The highest BCUT2D eigenvalue weighted by Crippen LogP contribution is 2.60. The number of anilines is 12. The van der Waals surface area contributed by atoms with Crippen LogP contribution < -0.4 is 19.6 Å². The van der Waals surface area contributed by atoms with Gasteiger partial charge in [0.15, 0.2) is 0 Å². The van der Waals surface area contributed by atoms with E-state index in [1.54, 1.807) is 0 Å². The Labute approximate surface area is 847 Å². The van der Waals surface area contributed by atoms with Crippen molar-refractivity contribution in [3.63, 3.8) is 0 Å². The number of nitrogens with zero attached hydrogens (tertiary/aromatic N) is 8. The SMILES string of the molecule is CC1(C)c2ccccc2-c2ccc(N(c3ccccc3)c3ccc4c5cc6c(cc5n5c7ccccc7c3c45)c3ccc(N(c4cccc(-c5ccc7c(c5)oc5cc(N(c8ccccc8)c8ccc9c%10cc%11c(cc%10n%10c%12ccccc%12c8c9%10)c8ccc(N(c9ccccc9)c9ccc%10c(c9)oc9ccccc9%10)c9c%10ccccc%10n%11c89)ccc57)c4)c4ccc5c(c4)C(C)(C)c4ccccc4-5)c4c5ccccc5n6c34)cc21. The maximum absolute atomic E-state index is 7.32. The molecule has 0 N–H and O–H groups in total. The molecule has 148 heavy (non-hydrogen) atoms. The standard InChI is InChI=1S/C138H86N8O2/c1-137(2)109-44-21-14-37-89(109)91-57-52-85(71-111(91)137)139(81-30-8-5-9-31-81)117-65-61-97-105-77-124-108(78-121(105)143-113-46-23-16-40-101(113)129(117)133(97)143)100-64-68-120(132-104-43-19-26-49-116(104)146(124)136(100)132)142(86-53-58-92-90-38-15-22-45-110(90)138(3,4)112(92)72-86)84-36-28-29-79(69-84)80-51-56-94-96-60-55-88(74-128(96)148-126(94)70-80)141(83-34-12-7-13-35-83)119-67-63-99-107-76-122-106(75-123(107)145-115-48-25-18-42-103(115)131(119)135(99)145)98-62-66-118(130-102-41-17-24-47-114(102)144(122)134(98)130)140(82-32-10-6-11-33-82)87-54-59-95-93-39-20-27-50-125(93)147-127(95)73-87/h5-78H,1-4H3. The number of para-hydroxylation sites is 8. The second kappa shape index (κ2) is 28.9. The molecule has 10 aromatic heterocycles. The van der Waals surface area contributed by atoms with Gasteiger partial charge in [0.25, 0.3) is 0 Å². The summed E-state index contributed by atoms with van der Waals surface area (Å²) in [6.07, 6.45) is 0. The van der Waals surface area contributed by atoms with Gasteiger partial charge in [0.05, 0.1) is 88.9 Å². The molecule has 10 heteroatoms. The molecule has 32 aromatic rings. The fourth-order valence-electron chi connectivity index (χ4n) is 27.6. The van der Waals surface area contributed by atoms with Gasteiger partial charge < -0.3 is 46.0 Å². The van der Waals surface area contributed by atoms with Gasteiger partial charge in [-0.3, -0.25) is 0 Å². The molecule has 10 heterocycles. The van der Waals surface area contributed by atoms with Gasteiger partial charge in [-0.2, -0.15) is 0 Å². The third-order valence-corrected chi connectivity index (χ3v) is 34.0. The third-order valence-electron chi connectivity index (χ3n) is 34.0. The fraction of sp³-hybridized carbons (Fsp3) is 0.0435. The maximum atomic E-state index is 7.32. The molecule has 0 amide bonds. The molecule has 0 unspecified atom stereocenters. The van der Waals surface area contributed by atoms with Crippen LogP contribution in [-0.2, 0) is 10.8 Å². The van der Waals surface area contributed by atoms with Crippen molar-refractivity contribution < 1.29 is 8.83 Å². The molecule has 0 spiro atoms. The van der Waals surface area contributed by atoms with Crippen LogP contribution in [0.2, 0.25) is 0 Å². The fourth-order valence-corrected chi connectivity index (χ4v) is 27.6. The molecule has 0 saturated heterocycles. The summed E-state index contributed by atoms with van der Waals surface area (Å²) in [6, 6.07) is 168. The van der Waals surface area contributed by atoms with E-state index in [1.165, 1.54) is 191 Å². The summed E-state index contributed by atoms with van der Waals surface area (Å²) < 4.78 is 24.2.